The van der Waals surface area contributed by atoms with E-state index in [-0.39, 0.29) is 5.91 Å². The van der Waals surface area contributed by atoms with Gasteiger partial charge in [-0.1, -0.05) is 87.9 Å². The molecule has 0 saturated heterocycles. The third-order valence-electron chi connectivity index (χ3n) is 6.10. The number of fused-ring (bicyclic) bond motifs is 1. The Kier molecular flexibility index (Phi) is 10.3. The Labute approximate surface area is 193 Å². The molecule has 3 rings (SSSR count). The van der Waals surface area contributed by atoms with E-state index in [1.54, 1.807) is 0 Å². The molecule has 2 aromatic carbocycles. The smallest absolute Gasteiger partial charge is 0.220 e. The zero-order valence-electron chi connectivity index (χ0n) is 19.7. The number of rotatable bonds is 15. The monoisotopic (exact) mass is 433 g/mol. The molecule has 0 aliphatic carbocycles. The number of benzene rings is 2. The Morgan fingerprint density at radius 1 is 0.844 bits per heavy atom. The second-order valence-electron chi connectivity index (χ2n) is 8.73. The molecule has 1 aromatic heterocycles. The molecule has 0 atom stereocenters. The van der Waals surface area contributed by atoms with Crippen molar-refractivity contribution in [3.05, 3.63) is 66.0 Å². The second kappa shape index (κ2) is 13.7. The molecule has 1 amide bonds. The largest absolute Gasteiger partial charge is 0.356 e. The van der Waals surface area contributed by atoms with Crippen LogP contribution in [0.15, 0.2) is 54.6 Å². The van der Waals surface area contributed by atoms with E-state index >= 15 is 0 Å². The van der Waals surface area contributed by atoms with Crippen molar-refractivity contribution in [3.8, 4) is 0 Å². The maximum atomic E-state index is 12.2. The lowest BCUT2D eigenvalue weighted by Crippen LogP contribution is -2.25. The summed E-state index contributed by atoms with van der Waals surface area (Å²) in [6.45, 7) is 4.00. The molecule has 1 heterocycles. The highest BCUT2D eigenvalue weighted by atomic mass is 16.1. The third kappa shape index (κ3) is 7.81. The van der Waals surface area contributed by atoms with Gasteiger partial charge in [-0.15, -0.1) is 0 Å². The number of unbranched alkanes of at least 4 members (excludes halogenated alkanes) is 6. The molecule has 0 saturated carbocycles. The minimum absolute atomic E-state index is 0.130. The normalized spacial score (nSPS) is 11.2. The summed E-state index contributed by atoms with van der Waals surface area (Å²) in [5.74, 6) is 1.28. The number of hydrogen-bond donors (Lipinski definition) is 1. The molecule has 0 aliphatic heterocycles. The molecule has 172 valence electrons. The SMILES string of the molecule is CCCCCCCCCn1c(CCCNC(=O)CCc2ccccc2)nc2ccccc21. The van der Waals surface area contributed by atoms with Crippen LogP contribution >= 0.6 is 0 Å². The molecule has 0 unspecified atom stereocenters. The van der Waals surface area contributed by atoms with E-state index in [1.807, 2.05) is 18.2 Å². The standard InChI is InChI=1S/C28H39N3O/c1-2-3-4-5-6-7-13-23-31-26-18-12-11-17-25(26)30-27(31)19-14-22-29-28(32)21-20-24-15-9-8-10-16-24/h8-12,15-18H,2-7,13-14,19-23H2,1H3,(H,29,32). The molecule has 32 heavy (non-hydrogen) atoms. The maximum absolute atomic E-state index is 12.2. The van der Waals surface area contributed by atoms with Gasteiger partial charge in [0.05, 0.1) is 11.0 Å². The number of aromatic nitrogens is 2. The number of amides is 1. The molecule has 3 aromatic rings. The molecular formula is C28H39N3O. The van der Waals surface area contributed by atoms with Crippen LogP contribution in [0.1, 0.15) is 76.1 Å². The summed E-state index contributed by atoms with van der Waals surface area (Å²) in [6.07, 6.45) is 12.3. The number of aryl methyl sites for hydroxylation is 3. The highest BCUT2D eigenvalue weighted by Crippen LogP contribution is 2.19. The number of hydrogen-bond acceptors (Lipinski definition) is 2. The third-order valence-corrected chi connectivity index (χ3v) is 6.10. The van der Waals surface area contributed by atoms with E-state index in [0.717, 1.165) is 37.1 Å². The molecule has 0 radical (unpaired) electrons. The molecule has 4 nitrogen and oxygen atoms in total. The molecule has 0 bridgehead atoms. The van der Waals surface area contributed by atoms with Crippen molar-refractivity contribution in [1.82, 2.24) is 14.9 Å². The summed E-state index contributed by atoms with van der Waals surface area (Å²) in [5, 5.41) is 3.08. The zero-order valence-corrected chi connectivity index (χ0v) is 19.7. The maximum Gasteiger partial charge on any atom is 0.220 e. The van der Waals surface area contributed by atoms with E-state index in [1.165, 1.54) is 56.0 Å². The van der Waals surface area contributed by atoms with Gasteiger partial charge in [0.25, 0.3) is 0 Å². The Hall–Kier alpha value is -2.62. The molecule has 0 aliphatic rings. The summed E-state index contributed by atoms with van der Waals surface area (Å²) in [7, 11) is 0. The zero-order chi connectivity index (χ0) is 22.4. The van der Waals surface area contributed by atoms with Crippen molar-refractivity contribution in [2.45, 2.75) is 84.1 Å². The number of nitrogens with zero attached hydrogens (tertiary/aromatic N) is 2. The molecular weight excluding hydrogens is 394 g/mol. The van der Waals surface area contributed by atoms with Gasteiger partial charge in [0.2, 0.25) is 5.91 Å². The van der Waals surface area contributed by atoms with Crippen LogP contribution in [0.3, 0.4) is 0 Å². The van der Waals surface area contributed by atoms with Crippen molar-refractivity contribution >= 4 is 16.9 Å². The average Bonchev–Trinajstić information content (AvgIpc) is 3.18. The number of imidazole rings is 1. The summed E-state index contributed by atoms with van der Waals surface area (Å²) in [6, 6.07) is 18.6. The number of para-hydroxylation sites is 2. The van der Waals surface area contributed by atoms with E-state index in [2.05, 4.69) is 53.2 Å². The van der Waals surface area contributed by atoms with Gasteiger partial charge in [-0.2, -0.15) is 0 Å². The van der Waals surface area contributed by atoms with Crippen LogP contribution in [0.25, 0.3) is 11.0 Å². The average molecular weight is 434 g/mol. The fraction of sp³-hybridized carbons (Fsp3) is 0.500. The Balaban J connectivity index is 1.43. The Morgan fingerprint density at radius 2 is 1.56 bits per heavy atom. The predicted molar refractivity (Wildman–Crippen MR) is 134 cm³/mol. The van der Waals surface area contributed by atoms with Crippen molar-refractivity contribution in [1.29, 1.82) is 0 Å². The summed E-state index contributed by atoms with van der Waals surface area (Å²) in [4.78, 5) is 17.1. The Bertz CT molecular complexity index is 932. The highest BCUT2D eigenvalue weighted by Gasteiger charge is 2.10. The van der Waals surface area contributed by atoms with Crippen LogP contribution in [-0.4, -0.2) is 22.0 Å². The molecule has 4 heteroatoms. The number of nitrogens with one attached hydrogen (secondary N) is 1. The minimum atomic E-state index is 0.130. The second-order valence-corrected chi connectivity index (χ2v) is 8.73. The van der Waals surface area contributed by atoms with E-state index in [0.29, 0.717) is 13.0 Å². The van der Waals surface area contributed by atoms with E-state index in [9.17, 15) is 4.79 Å². The number of carbonyl (C=O) groups is 1. The van der Waals surface area contributed by atoms with Gasteiger partial charge in [0.1, 0.15) is 5.82 Å². The molecule has 1 N–H and O–H groups in total. The fourth-order valence-electron chi connectivity index (χ4n) is 4.26. The predicted octanol–water partition coefficient (Wildman–Crippen LogP) is 6.47. The van der Waals surface area contributed by atoms with Crippen LogP contribution in [0.2, 0.25) is 0 Å². The van der Waals surface area contributed by atoms with Gasteiger partial charge >= 0.3 is 0 Å². The molecule has 0 fully saturated rings. The summed E-state index contributed by atoms with van der Waals surface area (Å²) in [5.41, 5.74) is 3.53. The van der Waals surface area contributed by atoms with Crippen LogP contribution in [0, 0.1) is 0 Å². The first-order chi connectivity index (χ1) is 15.8. The lowest BCUT2D eigenvalue weighted by atomic mass is 10.1. The van der Waals surface area contributed by atoms with Gasteiger partial charge in [0.15, 0.2) is 0 Å². The van der Waals surface area contributed by atoms with Crippen LogP contribution < -0.4 is 5.32 Å². The van der Waals surface area contributed by atoms with Crippen molar-refractivity contribution in [3.63, 3.8) is 0 Å². The molecule has 0 spiro atoms. The van der Waals surface area contributed by atoms with Gasteiger partial charge in [-0.3, -0.25) is 4.79 Å². The Morgan fingerprint density at radius 3 is 2.38 bits per heavy atom. The quantitative estimate of drug-likeness (QED) is 0.279. The van der Waals surface area contributed by atoms with Crippen LogP contribution in [0.5, 0.6) is 0 Å². The number of carbonyl (C=O) groups excluding carboxylic acids is 1. The van der Waals surface area contributed by atoms with E-state index in [4.69, 9.17) is 4.98 Å². The van der Waals surface area contributed by atoms with Gasteiger partial charge < -0.3 is 9.88 Å². The first kappa shape index (κ1) is 24.0. The van der Waals surface area contributed by atoms with Gasteiger partial charge in [-0.05, 0) is 37.0 Å². The first-order valence-corrected chi connectivity index (χ1v) is 12.5. The van der Waals surface area contributed by atoms with Gasteiger partial charge in [0, 0.05) is 25.9 Å². The lowest BCUT2D eigenvalue weighted by Gasteiger charge is -2.10. The van der Waals surface area contributed by atoms with E-state index < -0.39 is 0 Å². The van der Waals surface area contributed by atoms with Crippen molar-refractivity contribution in [2.24, 2.45) is 0 Å². The van der Waals surface area contributed by atoms with Crippen LogP contribution in [0.4, 0.5) is 0 Å². The summed E-state index contributed by atoms with van der Waals surface area (Å²) >= 11 is 0. The lowest BCUT2D eigenvalue weighted by molar-refractivity contribution is -0.121. The minimum Gasteiger partial charge on any atom is -0.356 e. The van der Waals surface area contributed by atoms with Gasteiger partial charge in [-0.25, -0.2) is 4.98 Å². The van der Waals surface area contributed by atoms with Crippen molar-refractivity contribution in [2.75, 3.05) is 6.54 Å². The fourth-order valence-corrected chi connectivity index (χ4v) is 4.26. The highest BCUT2D eigenvalue weighted by molar-refractivity contribution is 5.76. The first-order valence-electron chi connectivity index (χ1n) is 12.5. The summed E-state index contributed by atoms with van der Waals surface area (Å²) < 4.78 is 2.40. The van der Waals surface area contributed by atoms with Crippen molar-refractivity contribution < 1.29 is 4.79 Å². The van der Waals surface area contributed by atoms with Crippen LogP contribution in [-0.2, 0) is 24.2 Å². The topological polar surface area (TPSA) is 46.9 Å².